The van der Waals surface area contributed by atoms with Crippen molar-refractivity contribution in [3.05, 3.63) is 29.8 Å². The highest BCUT2D eigenvalue weighted by atomic mass is 32.2. The Morgan fingerprint density at radius 1 is 1.07 bits per heavy atom. The summed E-state index contributed by atoms with van der Waals surface area (Å²) in [5.74, 6) is -0.144. The number of hydrogen-bond acceptors (Lipinski definition) is 3. The maximum atomic E-state index is 12.0. The fourth-order valence-electron chi connectivity index (χ4n) is 0.791. The van der Waals surface area contributed by atoms with E-state index in [0.717, 1.165) is 24.3 Å². The fourth-order valence-corrected chi connectivity index (χ4v) is 1.08. The lowest BCUT2D eigenvalue weighted by Gasteiger charge is -2.05. The lowest BCUT2D eigenvalue weighted by atomic mass is 10.2. The molecular formula is C7H5F3O3S. The van der Waals surface area contributed by atoms with Gasteiger partial charge in [-0.05, 0) is 24.3 Å². The van der Waals surface area contributed by atoms with Gasteiger partial charge in [0.2, 0.25) is 0 Å². The molecule has 1 rings (SSSR count). The first-order valence-corrected chi connectivity index (χ1v) is 4.49. The molecule has 0 fully saturated rings. The molecule has 0 aliphatic heterocycles. The number of hydrogen-bond donors (Lipinski definition) is 1. The van der Waals surface area contributed by atoms with Gasteiger partial charge in [0.1, 0.15) is 5.75 Å². The van der Waals surface area contributed by atoms with Crippen molar-refractivity contribution < 1.29 is 25.8 Å². The summed E-state index contributed by atoms with van der Waals surface area (Å²) in [5, 5.41) is 0. The molecule has 0 atom stereocenters. The summed E-state index contributed by atoms with van der Waals surface area (Å²) in [5.41, 5.74) is -0.856. The summed E-state index contributed by atoms with van der Waals surface area (Å²) < 4.78 is 60.3. The quantitative estimate of drug-likeness (QED) is 0.779. The molecule has 3 nitrogen and oxygen atoms in total. The van der Waals surface area contributed by atoms with Crippen LogP contribution in [0.3, 0.4) is 0 Å². The lowest BCUT2D eigenvalue weighted by Crippen LogP contribution is -2.04. The zero-order valence-corrected chi connectivity index (χ0v) is 7.51. The van der Waals surface area contributed by atoms with Crippen LogP contribution in [0.1, 0.15) is 5.56 Å². The molecule has 0 radical (unpaired) electrons. The van der Waals surface area contributed by atoms with Crippen LogP contribution in [0, 0.1) is 0 Å². The minimum absolute atomic E-state index is 0.144. The molecular weight excluding hydrogens is 221 g/mol. The Labute approximate surface area is 79.3 Å². The van der Waals surface area contributed by atoms with E-state index in [1.54, 1.807) is 0 Å². The Bertz CT molecular complexity index is 372. The van der Waals surface area contributed by atoms with Crippen LogP contribution in [0.25, 0.3) is 0 Å². The normalized spacial score (nSPS) is 11.7. The summed E-state index contributed by atoms with van der Waals surface area (Å²) in [6.45, 7) is 0. The summed E-state index contributed by atoms with van der Waals surface area (Å²) in [7, 11) is -3.10. The summed E-state index contributed by atoms with van der Waals surface area (Å²) in [4.78, 5) is 0. The van der Waals surface area contributed by atoms with Gasteiger partial charge in [0, 0.05) is 0 Å². The van der Waals surface area contributed by atoms with Crippen molar-refractivity contribution in [3.8, 4) is 5.75 Å². The number of rotatable bonds is 2. The molecule has 0 aliphatic rings. The maximum Gasteiger partial charge on any atom is 0.416 e. The molecule has 0 aromatic heterocycles. The molecule has 7 heteroatoms. The molecule has 0 heterocycles. The largest absolute Gasteiger partial charge is 0.416 e. The van der Waals surface area contributed by atoms with E-state index in [1.165, 1.54) is 0 Å². The molecule has 78 valence electrons. The first-order valence-electron chi connectivity index (χ1n) is 3.39. The van der Waals surface area contributed by atoms with E-state index in [4.69, 9.17) is 0 Å². The van der Waals surface area contributed by atoms with Gasteiger partial charge in [0.25, 0.3) is 11.0 Å². The van der Waals surface area contributed by atoms with Crippen LogP contribution in [-0.4, -0.2) is 8.42 Å². The smallest absolute Gasteiger partial charge is 0.384 e. The average Bonchev–Trinajstić information content (AvgIpc) is 2.02. The SMILES string of the molecule is O=[SH](=O)Oc1ccc(C(F)(F)F)cc1. The molecule has 0 saturated heterocycles. The van der Waals surface area contributed by atoms with Gasteiger partial charge in [-0.3, -0.25) is 0 Å². The zero-order valence-electron chi connectivity index (χ0n) is 6.62. The van der Waals surface area contributed by atoms with Crippen LogP contribution < -0.4 is 4.18 Å². The first-order chi connectivity index (χ1) is 6.39. The van der Waals surface area contributed by atoms with Crippen molar-refractivity contribution in [3.63, 3.8) is 0 Å². The Balaban J connectivity index is 2.89. The van der Waals surface area contributed by atoms with Crippen molar-refractivity contribution in [2.24, 2.45) is 0 Å². The Morgan fingerprint density at radius 3 is 1.93 bits per heavy atom. The second kappa shape index (κ2) is 3.87. The predicted molar refractivity (Wildman–Crippen MR) is 42.4 cm³/mol. The monoisotopic (exact) mass is 226 g/mol. The Kier molecular flexibility index (Phi) is 3.00. The minimum atomic E-state index is -4.43. The molecule has 0 saturated carbocycles. The van der Waals surface area contributed by atoms with Crippen LogP contribution in [0.4, 0.5) is 13.2 Å². The van der Waals surface area contributed by atoms with Crippen LogP contribution in [0.5, 0.6) is 5.75 Å². The Morgan fingerprint density at radius 2 is 1.57 bits per heavy atom. The van der Waals surface area contributed by atoms with Gasteiger partial charge < -0.3 is 4.18 Å². The van der Waals surface area contributed by atoms with Gasteiger partial charge in [0.05, 0.1) is 5.56 Å². The third-order valence-corrected chi connectivity index (χ3v) is 1.72. The van der Waals surface area contributed by atoms with Gasteiger partial charge >= 0.3 is 6.18 Å². The summed E-state index contributed by atoms with van der Waals surface area (Å²) in [6.07, 6.45) is -4.43. The standard InChI is InChI=1S/C7H5F3O3S/c8-7(9,10)5-1-3-6(4-2-5)13-14(11)12/h1-4,14H. The van der Waals surface area contributed by atoms with Crippen molar-refractivity contribution in [1.82, 2.24) is 0 Å². The van der Waals surface area contributed by atoms with Gasteiger partial charge in [-0.25, -0.2) is 0 Å². The fraction of sp³-hybridized carbons (Fsp3) is 0.143. The second-order valence-corrected chi connectivity index (χ2v) is 2.97. The predicted octanol–water partition coefficient (Wildman–Crippen LogP) is 1.61. The molecule has 0 spiro atoms. The maximum absolute atomic E-state index is 12.0. The molecule has 1 aromatic carbocycles. The molecule has 14 heavy (non-hydrogen) atoms. The molecule has 0 amide bonds. The highest BCUT2D eigenvalue weighted by Gasteiger charge is 2.29. The van der Waals surface area contributed by atoms with E-state index >= 15 is 0 Å². The van der Waals surface area contributed by atoms with Gasteiger partial charge in [-0.1, -0.05) is 0 Å². The summed E-state index contributed by atoms with van der Waals surface area (Å²) >= 11 is 0. The highest BCUT2D eigenvalue weighted by Crippen LogP contribution is 2.30. The third-order valence-electron chi connectivity index (χ3n) is 1.36. The first kappa shape index (κ1) is 10.8. The average molecular weight is 226 g/mol. The van der Waals surface area contributed by atoms with E-state index in [2.05, 4.69) is 4.18 Å². The lowest BCUT2D eigenvalue weighted by molar-refractivity contribution is -0.137. The third kappa shape index (κ3) is 2.91. The van der Waals surface area contributed by atoms with Crippen molar-refractivity contribution in [2.45, 2.75) is 6.18 Å². The van der Waals surface area contributed by atoms with Gasteiger partial charge in [-0.2, -0.15) is 21.6 Å². The zero-order chi connectivity index (χ0) is 10.8. The topological polar surface area (TPSA) is 43.4 Å². The van der Waals surface area contributed by atoms with Crippen LogP contribution >= 0.6 is 0 Å². The van der Waals surface area contributed by atoms with Crippen molar-refractivity contribution in [2.75, 3.05) is 0 Å². The number of thiol groups is 1. The van der Waals surface area contributed by atoms with E-state index in [-0.39, 0.29) is 5.75 Å². The number of alkyl halides is 3. The highest BCUT2D eigenvalue weighted by molar-refractivity contribution is 7.67. The van der Waals surface area contributed by atoms with E-state index < -0.39 is 22.7 Å². The number of halogens is 3. The molecule has 0 bridgehead atoms. The van der Waals surface area contributed by atoms with Crippen molar-refractivity contribution in [1.29, 1.82) is 0 Å². The van der Waals surface area contributed by atoms with E-state index in [0.29, 0.717) is 0 Å². The van der Waals surface area contributed by atoms with E-state index in [9.17, 15) is 21.6 Å². The van der Waals surface area contributed by atoms with Crippen LogP contribution in [0.2, 0.25) is 0 Å². The minimum Gasteiger partial charge on any atom is -0.384 e. The van der Waals surface area contributed by atoms with Crippen LogP contribution in [-0.2, 0) is 17.2 Å². The molecule has 0 N–H and O–H groups in total. The van der Waals surface area contributed by atoms with E-state index in [1.807, 2.05) is 0 Å². The number of benzene rings is 1. The molecule has 0 unspecified atom stereocenters. The van der Waals surface area contributed by atoms with Gasteiger partial charge in [0.15, 0.2) is 0 Å². The van der Waals surface area contributed by atoms with Crippen LogP contribution in [0.15, 0.2) is 24.3 Å². The Hall–Kier alpha value is -1.24. The summed E-state index contributed by atoms with van der Waals surface area (Å²) in [6, 6.07) is 3.37. The molecule has 0 aliphatic carbocycles. The second-order valence-electron chi connectivity index (χ2n) is 2.34. The van der Waals surface area contributed by atoms with Gasteiger partial charge in [-0.15, -0.1) is 0 Å². The molecule has 1 aromatic rings. The van der Waals surface area contributed by atoms with Crippen molar-refractivity contribution >= 4 is 11.0 Å².